The summed E-state index contributed by atoms with van der Waals surface area (Å²) < 4.78 is 6.95. The second-order valence-corrected chi connectivity index (χ2v) is 11.2. The first-order valence-corrected chi connectivity index (χ1v) is 14.3. The van der Waals surface area contributed by atoms with Crippen LogP contribution in [-0.4, -0.2) is 35.4 Å². The molecule has 0 aliphatic heterocycles. The van der Waals surface area contributed by atoms with Crippen molar-refractivity contribution >= 4 is 27.7 Å². The summed E-state index contributed by atoms with van der Waals surface area (Å²) in [7, 11) is 0. The molecule has 0 aromatic heterocycles. The van der Waals surface area contributed by atoms with Crippen molar-refractivity contribution in [2.24, 2.45) is 0 Å². The summed E-state index contributed by atoms with van der Waals surface area (Å²) >= 11 is 3.54. The van der Waals surface area contributed by atoms with E-state index >= 15 is 0 Å². The minimum atomic E-state index is -0.659. The number of nitrogens with zero attached hydrogens (tertiary/aromatic N) is 1. The highest BCUT2D eigenvalue weighted by atomic mass is 79.9. The van der Waals surface area contributed by atoms with Crippen molar-refractivity contribution in [3.05, 3.63) is 99.5 Å². The van der Waals surface area contributed by atoms with Crippen molar-refractivity contribution in [3.63, 3.8) is 0 Å². The first kappa shape index (κ1) is 27.9. The minimum absolute atomic E-state index is 0.101. The first-order valence-electron chi connectivity index (χ1n) is 13.5. The van der Waals surface area contributed by atoms with E-state index in [1.807, 2.05) is 86.6 Å². The molecule has 4 rings (SSSR count). The molecule has 0 spiro atoms. The van der Waals surface area contributed by atoms with E-state index in [4.69, 9.17) is 4.74 Å². The predicted molar refractivity (Wildman–Crippen MR) is 155 cm³/mol. The van der Waals surface area contributed by atoms with E-state index in [9.17, 15) is 9.59 Å². The number of hydrogen-bond acceptors (Lipinski definition) is 3. The maximum Gasteiger partial charge on any atom is 0.261 e. The Morgan fingerprint density at radius 3 is 2.42 bits per heavy atom. The fraction of sp³-hybridized carbons (Fsp3) is 0.375. The Morgan fingerprint density at radius 2 is 1.68 bits per heavy atom. The van der Waals surface area contributed by atoms with Gasteiger partial charge in [-0.3, -0.25) is 9.59 Å². The Morgan fingerprint density at radius 1 is 0.947 bits per heavy atom. The molecule has 0 bridgehead atoms. The largest absolute Gasteiger partial charge is 0.483 e. The van der Waals surface area contributed by atoms with Gasteiger partial charge in [-0.1, -0.05) is 89.8 Å². The zero-order valence-electron chi connectivity index (χ0n) is 22.3. The summed E-state index contributed by atoms with van der Waals surface area (Å²) in [6, 6.07) is 23.2. The lowest BCUT2D eigenvalue weighted by atomic mass is 9.94. The Hall–Kier alpha value is -3.12. The van der Waals surface area contributed by atoms with Crippen LogP contribution in [0.4, 0.5) is 0 Å². The zero-order chi connectivity index (χ0) is 26.9. The van der Waals surface area contributed by atoms with Gasteiger partial charge in [0.25, 0.3) is 5.91 Å². The maximum atomic E-state index is 13.8. The summed E-state index contributed by atoms with van der Waals surface area (Å²) in [6.45, 7) is 4.14. The van der Waals surface area contributed by atoms with Crippen molar-refractivity contribution < 1.29 is 14.3 Å². The van der Waals surface area contributed by atoms with Crippen molar-refractivity contribution in [3.8, 4) is 5.75 Å². The maximum absolute atomic E-state index is 13.8. The lowest BCUT2D eigenvalue weighted by Gasteiger charge is -2.33. The molecule has 5 nitrogen and oxygen atoms in total. The molecule has 1 aliphatic carbocycles. The van der Waals surface area contributed by atoms with Gasteiger partial charge in [-0.05, 0) is 67.1 Å². The molecule has 1 saturated carbocycles. The molecule has 0 radical (unpaired) electrons. The van der Waals surface area contributed by atoms with Crippen LogP contribution >= 0.6 is 15.9 Å². The normalized spacial score (nSPS) is 14.5. The SMILES string of the molecule is Cc1ccc(C)c(OCC(=O)N(Cc2cccc(Br)c2)[C@@H](Cc2ccccc2)C(=O)NC2CCCCC2)c1. The molecule has 0 unspecified atom stereocenters. The van der Waals surface area contributed by atoms with E-state index in [-0.39, 0.29) is 24.5 Å². The van der Waals surface area contributed by atoms with Gasteiger partial charge in [-0.15, -0.1) is 0 Å². The van der Waals surface area contributed by atoms with Crippen LogP contribution in [0.25, 0.3) is 0 Å². The summed E-state index contributed by atoms with van der Waals surface area (Å²) in [5.74, 6) is 0.369. The standard InChI is InChI=1S/C32H37BrN2O3/c1-23-16-17-24(2)30(18-23)38-22-31(36)35(21-26-12-9-13-27(33)19-26)29(20-25-10-5-3-6-11-25)32(37)34-28-14-7-4-8-15-28/h3,5-6,9-13,16-19,28-29H,4,7-8,14-15,20-22H2,1-2H3,(H,34,37)/t29-/m0/s1. The summed E-state index contributed by atoms with van der Waals surface area (Å²) in [6.07, 6.45) is 5.86. The lowest BCUT2D eigenvalue weighted by molar-refractivity contribution is -0.143. The van der Waals surface area contributed by atoms with Crippen LogP contribution in [0.1, 0.15) is 54.4 Å². The van der Waals surface area contributed by atoms with Gasteiger partial charge in [-0.25, -0.2) is 0 Å². The van der Waals surface area contributed by atoms with Crippen molar-refractivity contribution in [2.75, 3.05) is 6.61 Å². The molecule has 6 heteroatoms. The Labute approximate surface area is 234 Å². The number of benzene rings is 3. The van der Waals surface area contributed by atoms with Gasteiger partial charge in [0.05, 0.1) is 0 Å². The molecular weight excluding hydrogens is 540 g/mol. The molecule has 3 aromatic rings. The highest BCUT2D eigenvalue weighted by molar-refractivity contribution is 9.10. The van der Waals surface area contributed by atoms with Crippen molar-refractivity contribution in [1.82, 2.24) is 10.2 Å². The van der Waals surface area contributed by atoms with Crippen molar-refractivity contribution in [2.45, 2.75) is 71.0 Å². The van der Waals surface area contributed by atoms with Crippen LogP contribution in [-0.2, 0) is 22.6 Å². The van der Waals surface area contributed by atoms with Crippen LogP contribution < -0.4 is 10.1 Å². The Kier molecular flexibility index (Phi) is 9.99. The second-order valence-electron chi connectivity index (χ2n) is 10.3. The number of aryl methyl sites for hydroxylation is 2. The van der Waals surface area contributed by atoms with Gasteiger partial charge in [-0.2, -0.15) is 0 Å². The monoisotopic (exact) mass is 576 g/mol. The number of carbonyl (C=O) groups excluding carboxylic acids is 2. The molecule has 3 aromatic carbocycles. The number of hydrogen-bond donors (Lipinski definition) is 1. The van der Waals surface area contributed by atoms with E-state index in [1.54, 1.807) is 4.90 Å². The summed E-state index contributed by atoms with van der Waals surface area (Å²) in [5.41, 5.74) is 4.00. The minimum Gasteiger partial charge on any atom is -0.483 e. The third kappa shape index (κ3) is 7.94. The molecule has 2 amide bonds. The number of nitrogens with one attached hydrogen (secondary N) is 1. The van der Waals surface area contributed by atoms with Gasteiger partial charge in [0, 0.05) is 23.5 Å². The third-order valence-electron chi connectivity index (χ3n) is 7.16. The van der Waals surface area contributed by atoms with Gasteiger partial charge >= 0.3 is 0 Å². The highest BCUT2D eigenvalue weighted by Crippen LogP contribution is 2.22. The lowest BCUT2D eigenvalue weighted by Crippen LogP contribution is -2.53. The van der Waals surface area contributed by atoms with Crippen LogP contribution in [0, 0.1) is 13.8 Å². The average molecular weight is 578 g/mol. The third-order valence-corrected chi connectivity index (χ3v) is 7.65. The molecule has 1 atom stereocenters. The molecule has 38 heavy (non-hydrogen) atoms. The Balaban J connectivity index is 1.62. The van der Waals surface area contributed by atoms with E-state index < -0.39 is 6.04 Å². The quantitative estimate of drug-likeness (QED) is 0.298. The summed E-state index contributed by atoms with van der Waals surface area (Å²) in [4.78, 5) is 29.4. The zero-order valence-corrected chi connectivity index (χ0v) is 23.9. The van der Waals surface area contributed by atoms with Crippen LogP contribution in [0.15, 0.2) is 77.3 Å². The van der Waals surface area contributed by atoms with Crippen LogP contribution in [0.5, 0.6) is 5.75 Å². The van der Waals surface area contributed by atoms with Gasteiger partial charge < -0.3 is 15.0 Å². The van der Waals surface area contributed by atoms with Crippen molar-refractivity contribution in [1.29, 1.82) is 0 Å². The molecule has 0 saturated heterocycles. The van der Waals surface area contributed by atoms with E-state index in [0.717, 1.165) is 52.4 Å². The fourth-order valence-corrected chi connectivity index (χ4v) is 5.46. The molecule has 1 N–H and O–H groups in total. The smallest absolute Gasteiger partial charge is 0.261 e. The fourth-order valence-electron chi connectivity index (χ4n) is 5.02. The van der Waals surface area contributed by atoms with E-state index in [1.165, 1.54) is 6.42 Å². The Bertz CT molecular complexity index is 1220. The predicted octanol–water partition coefficient (Wildman–Crippen LogP) is 6.53. The number of ether oxygens (including phenoxy) is 1. The molecule has 1 aliphatic rings. The molecule has 0 heterocycles. The number of halogens is 1. The van der Waals surface area contributed by atoms with Gasteiger partial charge in [0.2, 0.25) is 5.91 Å². The number of rotatable bonds is 10. The van der Waals surface area contributed by atoms with Crippen LogP contribution in [0.3, 0.4) is 0 Å². The highest BCUT2D eigenvalue weighted by Gasteiger charge is 2.32. The topological polar surface area (TPSA) is 58.6 Å². The average Bonchev–Trinajstić information content (AvgIpc) is 2.92. The van der Waals surface area contributed by atoms with Crippen LogP contribution in [0.2, 0.25) is 0 Å². The van der Waals surface area contributed by atoms with E-state index in [0.29, 0.717) is 18.7 Å². The van der Waals surface area contributed by atoms with Gasteiger partial charge in [0.1, 0.15) is 11.8 Å². The number of carbonyl (C=O) groups is 2. The van der Waals surface area contributed by atoms with E-state index in [2.05, 4.69) is 21.2 Å². The number of amides is 2. The molecule has 1 fully saturated rings. The molecule has 200 valence electrons. The summed E-state index contributed by atoms with van der Waals surface area (Å²) in [5, 5.41) is 3.28. The van der Waals surface area contributed by atoms with Gasteiger partial charge in [0.15, 0.2) is 6.61 Å². The molecular formula is C32H37BrN2O3. The first-order chi connectivity index (χ1) is 18.4. The second kappa shape index (κ2) is 13.6.